The molecule has 0 N–H and O–H groups in total. The Bertz CT molecular complexity index is 192. The molecule has 0 aromatic rings. The summed E-state index contributed by atoms with van der Waals surface area (Å²) in [7, 11) is -0.866. The fraction of sp³-hybridized carbons (Fsp3) is 1.00. The zero-order valence-corrected chi connectivity index (χ0v) is 11.3. The minimum absolute atomic E-state index is 0.456. The average molecular weight is 226 g/mol. The summed E-state index contributed by atoms with van der Waals surface area (Å²) in [5, 5.41) is 0. The molecule has 5 heteroatoms. The Kier molecular flexibility index (Phi) is 4.16. The van der Waals surface area contributed by atoms with E-state index < -0.39 is 18.5 Å². The predicted molar refractivity (Wildman–Crippen MR) is 59.0 cm³/mol. The zero-order chi connectivity index (χ0) is 10.9. The molecule has 0 amide bonds. The van der Waals surface area contributed by atoms with Crippen LogP contribution in [0.3, 0.4) is 0 Å². The van der Waals surface area contributed by atoms with Crippen molar-refractivity contribution in [3.05, 3.63) is 0 Å². The quantitative estimate of drug-likeness (QED) is 0.675. The second-order valence-electron chi connectivity index (χ2n) is 4.95. The first kappa shape index (κ1) is 13.6. The van der Waals surface area contributed by atoms with E-state index in [1.165, 1.54) is 0 Å². The molecule has 13 heavy (non-hydrogen) atoms. The Labute approximate surface area is 83.2 Å². The molecule has 0 aliphatic rings. The summed E-state index contributed by atoms with van der Waals surface area (Å²) in [6.07, 6.45) is 0. The number of rotatable bonds is 2. The Morgan fingerprint density at radius 2 is 1.15 bits per heavy atom. The van der Waals surface area contributed by atoms with Crippen LogP contribution in [0.5, 0.6) is 0 Å². The first-order valence-electron chi connectivity index (χ1n) is 4.21. The van der Waals surface area contributed by atoms with Crippen LogP contribution in [-0.4, -0.2) is 11.2 Å². The topological polar surface area (TPSA) is 35.5 Å². The maximum atomic E-state index is 11.8. The molecule has 0 aliphatic heterocycles. The van der Waals surface area contributed by atoms with E-state index in [1.54, 1.807) is 0 Å². The normalized spacial score (nSPS) is 14.7. The molecule has 0 aromatic heterocycles. The minimum Gasteiger partial charge on any atom is -0.300 e. The van der Waals surface area contributed by atoms with Gasteiger partial charge in [-0.05, 0) is 50.5 Å². The van der Waals surface area contributed by atoms with Gasteiger partial charge in [0.15, 0.2) is 0 Å². The fourth-order valence-electron chi connectivity index (χ4n) is 0.782. The molecule has 0 bridgehead atoms. The lowest BCUT2D eigenvalue weighted by molar-refractivity contribution is 0.0591. The Morgan fingerprint density at radius 3 is 1.31 bits per heavy atom. The summed E-state index contributed by atoms with van der Waals surface area (Å²) < 4.78 is 22.4. The summed E-state index contributed by atoms with van der Waals surface area (Å²) >= 11 is 0. The van der Waals surface area contributed by atoms with Gasteiger partial charge in [-0.15, -0.1) is 0 Å². The van der Waals surface area contributed by atoms with Gasteiger partial charge in [-0.25, -0.2) is 0 Å². The van der Waals surface area contributed by atoms with Crippen LogP contribution in [0.4, 0.5) is 0 Å². The Hall–Kier alpha value is 0.580. The van der Waals surface area contributed by atoms with Crippen LogP contribution in [-0.2, 0) is 13.6 Å². The van der Waals surface area contributed by atoms with E-state index in [-0.39, 0.29) is 0 Å². The van der Waals surface area contributed by atoms with Gasteiger partial charge in [0, 0.05) is 0 Å². The standard InChI is InChI=1S/C8H20O3P2/c1-7(2,3)10-13(9,12)11-8(4,5)6/h12H2,1-6H3. The second kappa shape index (κ2) is 3.98. The van der Waals surface area contributed by atoms with E-state index in [9.17, 15) is 4.57 Å². The molecule has 80 valence electrons. The van der Waals surface area contributed by atoms with Crippen molar-refractivity contribution < 1.29 is 13.6 Å². The van der Waals surface area contributed by atoms with Crippen molar-refractivity contribution in [2.45, 2.75) is 52.7 Å². The molecule has 0 heterocycles. The SMILES string of the molecule is CC(C)(C)OP(=O)(P)OC(C)(C)C. The highest BCUT2D eigenvalue weighted by molar-refractivity contribution is 8.12. The number of hydrogen-bond donors (Lipinski definition) is 0. The van der Waals surface area contributed by atoms with Gasteiger partial charge in [-0.1, -0.05) is 0 Å². The molecule has 0 aliphatic carbocycles. The highest BCUT2D eigenvalue weighted by Crippen LogP contribution is 2.61. The third-order valence-corrected chi connectivity index (χ3v) is 3.04. The van der Waals surface area contributed by atoms with E-state index in [4.69, 9.17) is 9.05 Å². The van der Waals surface area contributed by atoms with Crippen molar-refractivity contribution in [1.82, 2.24) is 0 Å². The lowest BCUT2D eigenvalue weighted by atomic mass is 10.2. The lowest BCUT2D eigenvalue weighted by Crippen LogP contribution is -2.21. The molecular weight excluding hydrogens is 206 g/mol. The molecular formula is C8H20O3P2. The van der Waals surface area contributed by atoms with Crippen molar-refractivity contribution >= 4 is 16.2 Å². The smallest absolute Gasteiger partial charge is 0.300 e. The fourth-order valence-corrected chi connectivity index (χ4v) is 4.24. The van der Waals surface area contributed by atoms with Gasteiger partial charge in [-0.3, -0.25) is 4.57 Å². The van der Waals surface area contributed by atoms with Crippen LogP contribution in [0.15, 0.2) is 0 Å². The summed E-state index contributed by atoms with van der Waals surface area (Å²) in [5.41, 5.74) is -0.912. The molecule has 3 nitrogen and oxygen atoms in total. The van der Waals surface area contributed by atoms with Crippen LogP contribution < -0.4 is 0 Å². The molecule has 0 spiro atoms. The molecule has 0 saturated carbocycles. The van der Waals surface area contributed by atoms with Gasteiger partial charge in [0.2, 0.25) is 0 Å². The van der Waals surface area contributed by atoms with Crippen LogP contribution in [0.1, 0.15) is 41.5 Å². The van der Waals surface area contributed by atoms with Gasteiger partial charge >= 0.3 is 7.28 Å². The average Bonchev–Trinajstić information content (AvgIpc) is 1.43. The van der Waals surface area contributed by atoms with Crippen LogP contribution in [0.25, 0.3) is 0 Å². The van der Waals surface area contributed by atoms with E-state index in [1.807, 2.05) is 41.5 Å². The molecule has 1 unspecified atom stereocenters. The van der Waals surface area contributed by atoms with Crippen LogP contribution in [0.2, 0.25) is 0 Å². The van der Waals surface area contributed by atoms with E-state index in [2.05, 4.69) is 8.93 Å². The third-order valence-electron chi connectivity index (χ3n) is 0.802. The van der Waals surface area contributed by atoms with Crippen LogP contribution in [0, 0.1) is 0 Å². The van der Waals surface area contributed by atoms with Gasteiger partial charge < -0.3 is 9.05 Å². The molecule has 0 saturated heterocycles. The molecule has 0 radical (unpaired) electrons. The van der Waals surface area contributed by atoms with Gasteiger partial charge in [0.25, 0.3) is 0 Å². The minimum atomic E-state index is -3.02. The monoisotopic (exact) mass is 226 g/mol. The molecule has 0 rings (SSSR count). The summed E-state index contributed by atoms with van der Waals surface area (Å²) in [6, 6.07) is 0. The summed E-state index contributed by atoms with van der Waals surface area (Å²) in [5.74, 6) is 0. The van der Waals surface area contributed by atoms with Gasteiger partial charge in [-0.2, -0.15) is 0 Å². The molecule has 1 atom stereocenters. The van der Waals surface area contributed by atoms with E-state index >= 15 is 0 Å². The predicted octanol–water partition coefficient (Wildman–Crippen LogP) is 3.60. The molecule has 0 fully saturated rings. The highest BCUT2D eigenvalue weighted by Gasteiger charge is 2.30. The van der Waals surface area contributed by atoms with Crippen LogP contribution >= 0.6 is 16.2 Å². The maximum absolute atomic E-state index is 11.8. The highest BCUT2D eigenvalue weighted by atomic mass is 32.1. The van der Waals surface area contributed by atoms with Crippen molar-refractivity contribution in [1.29, 1.82) is 0 Å². The summed E-state index contributed by atoms with van der Waals surface area (Å²) in [6.45, 7) is 11.1. The first-order valence-corrected chi connectivity index (χ1v) is 7.38. The van der Waals surface area contributed by atoms with E-state index in [0.29, 0.717) is 0 Å². The largest absolute Gasteiger partial charge is 0.344 e. The lowest BCUT2D eigenvalue weighted by Gasteiger charge is -2.29. The first-order chi connectivity index (χ1) is 5.41. The van der Waals surface area contributed by atoms with Crippen molar-refractivity contribution in [2.24, 2.45) is 0 Å². The third kappa shape index (κ3) is 8.90. The van der Waals surface area contributed by atoms with Gasteiger partial charge in [0.05, 0.1) is 11.2 Å². The van der Waals surface area contributed by atoms with E-state index in [0.717, 1.165) is 0 Å². The van der Waals surface area contributed by atoms with Gasteiger partial charge in [0.1, 0.15) is 0 Å². The Balaban J connectivity index is 4.35. The van der Waals surface area contributed by atoms with Crippen molar-refractivity contribution in [3.63, 3.8) is 0 Å². The second-order valence-corrected chi connectivity index (χ2v) is 8.29. The summed E-state index contributed by atoms with van der Waals surface area (Å²) in [4.78, 5) is 0. The Morgan fingerprint density at radius 1 is 0.923 bits per heavy atom. The zero-order valence-electron chi connectivity index (χ0n) is 9.25. The molecule has 0 aromatic carbocycles. The maximum Gasteiger partial charge on any atom is 0.344 e. The van der Waals surface area contributed by atoms with Crippen molar-refractivity contribution in [3.8, 4) is 0 Å². The number of hydrogen-bond acceptors (Lipinski definition) is 3. The van der Waals surface area contributed by atoms with Crippen molar-refractivity contribution in [2.75, 3.05) is 0 Å².